The Balaban J connectivity index is 1.93. The van der Waals surface area contributed by atoms with Crippen LogP contribution in [0.1, 0.15) is 30.5 Å². The van der Waals surface area contributed by atoms with Crippen LogP contribution in [0.5, 0.6) is 0 Å². The molecule has 0 saturated carbocycles. The van der Waals surface area contributed by atoms with Gasteiger partial charge in [-0.05, 0) is 56.0 Å². The van der Waals surface area contributed by atoms with Crippen molar-refractivity contribution < 1.29 is 8.42 Å². The van der Waals surface area contributed by atoms with Gasteiger partial charge in [0.2, 0.25) is 10.0 Å². The molecule has 27 heavy (non-hydrogen) atoms. The Kier molecular flexibility index (Phi) is 5.40. The van der Waals surface area contributed by atoms with Crippen LogP contribution in [0.25, 0.3) is 11.0 Å². The lowest BCUT2D eigenvalue weighted by atomic mass is 10.1. The molecule has 0 radical (unpaired) electrons. The molecule has 6 heteroatoms. The van der Waals surface area contributed by atoms with E-state index in [2.05, 4.69) is 9.71 Å². The number of hydrogen-bond acceptors (Lipinski definition) is 3. The lowest BCUT2D eigenvalue weighted by Crippen LogP contribution is -2.41. The van der Waals surface area contributed by atoms with E-state index in [4.69, 9.17) is 0 Å². The summed E-state index contributed by atoms with van der Waals surface area (Å²) >= 11 is 0. The summed E-state index contributed by atoms with van der Waals surface area (Å²) in [6, 6.07) is 9.49. The Morgan fingerprint density at radius 1 is 1.11 bits per heavy atom. The number of fused-ring (bicyclic) bond motifs is 1. The molecular formula is C21H27N3O2S. The number of pyridine rings is 1. The summed E-state index contributed by atoms with van der Waals surface area (Å²) in [7, 11) is -3.62. The van der Waals surface area contributed by atoms with Gasteiger partial charge in [-0.1, -0.05) is 31.5 Å². The summed E-state index contributed by atoms with van der Waals surface area (Å²) in [5, 5.41) is 1.05. The van der Waals surface area contributed by atoms with Crippen molar-refractivity contribution in [2.24, 2.45) is 5.92 Å². The fraction of sp³-hybridized carbons (Fsp3) is 0.381. The van der Waals surface area contributed by atoms with E-state index in [0.717, 1.165) is 27.7 Å². The number of rotatable bonds is 6. The van der Waals surface area contributed by atoms with E-state index in [-0.39, 0.29) is 12.0 Å². The van der Waals surface area contributed by atoms with Gasteiger partial charge in [-0.3, -0.25) is 0 Å². The normalized spacial score (nSPS) is 13.4. The largest absolute Gasteiger partial charge is 0.331 e. The summed E-state index contributed by atoms with van der Waals surface area (Å²) in [5.74, 6) is 0.131. The molecule has 2 aromatic heterocycles. The lowest BCUT2D eigenvalue weighted by molar-refractivity contribution is 0.402. The average molecular weight is 386 g/mol. The Labute approximate surface area is 161 Å². The Bertz CT molecular complexity index is 1040. The standard InChI is InChI=1S/C21H27N3O2S/c1-14(2)19(13-24-10-8-18-7-6-9-22-21(18)24)23-27(25,26)20-16(4)11-15(3)12-17(20)5/h6-12,14,19,23H,13H2,1-5H3. The maximum absolute atomic E-state index is 13.2. The van der Waals surface area contributed by atoms with Crippen molar-refractivity contribution in [3.05, 3.63) is 59.4 Å². The Hall–Kier alpha value is -2.18. The van der Waals surface area contributed by atoms with Crippen molar-refractivity contribution >= 4 is 21.1 Å². The first kappa shape index (κ1) is 19.6. The number of hydrogen-bond donors (Lipinski definition) is 1. The van der Waals surface area contributed by atoms with E-state index < -0.39 is 10.0 Å². The van der Waals surface area contributed by atoms with Crippen molar-refractivity contribution in [3.8, 4) is 0 Å². The second kappa shape index (κ2) is 7.44. The van der Waals surface area contributed by atoms with Gasteiger partial charge in [-0.15, -0.1) is 0 Å². The molecule has 1 unspecified atom stereocenters. The quantitative estimate of drug-likeness (QED) is 0.698. The monoisotopic (exact) mass is 385 g/mol. The minimum Gasteiger partial charge on any atom is -0.331 e. The van der Waals surface area contributed by atoms with Gasteiger partial charge in [0.1, 0.15) is 5.65 Å². The highest BCUT2D eigenvalue weighted by molar-refractivity contribution is 7.89. The van der Waals surface area contributed by atoms with Gasteiger partial charge < -0.3 is 4.57 Å². The predicted molar refractivity (Wildman–Crippen MR) is 109 cm³/mol. The first-order chi connectivity index (χ1) is 12.7. The van der Waals surface area contributed by atoms with Gasteiger partial charge in [-0.2, -0.15) is 0 Å². The molecule has 0 fully saturated rings. The fourth-order valence-corrected chi connectivity index (χ4v) is 5.44. The zero-order valence-corrected chi connectivity index (χ0v) is 17.3. The molecule has 0 aliphatic heterocycles. The highest BCUT2D eigenvalue weighted by atomic mass is 32.2. The third-order valence-corrected chi connectivity index (χ3v) is 6.70. The summed E-state index contributed by atoms with van der Waals surface area (Å²) in [6.07, 6.45) is 3.72. The zero-order valence-electron chi connectivity index (χ0n) is 16.5. The summed E-state index contributed by atoms with van der Waals surface area (Å²) in [6.45, 7) is 10.3. The van der Waals surface area contributed by atoms with Crippen LogP contribution in [-0.2, 0) is 16.6 Å². The fourth-order valence-electron chi connectivity index (χ4n) is 3.61. The van der Waals surface area contributed by atoms with Gasteiger partial charge >= 0.3 is 0 Å². The number of sulfonamides is 1. The van der Waals surface area contributed by atoms with E-state index >= 15 is 0 Å². The van der Waals surface area contributed by atoms with E-state index in [1.54, 1.807) is 6.20 Å². The molecule has 144 valence electrons. The molecule has 3 aromatic rings. The van der Waals surface area contributed by atoms with Crippen molar-refractivity contribution in [1.82, 2.24) is 14.3 Å². The van der Waals surface area contributed by atoms with Gasteiger partial charge in [0.25, 0.3) is 0 Å². The lowest BCUT2D eigenvalue weighted by Gasteiger charge is -2.24. The number of nitrogens with one attached hydrogen (secondary N) is 1. The summed E-state index contributed by atoms with van der Waals surface area (Å²) < 4.78 is 31.3. The van der Waals surface area contributed by atoms with Gasteiger partial charge in [0.05, 0.1) is 4.90 Å². The maximum Gasteiger partial charge on any atom is 0.241 e. The van der Waals surface area contributed by atoms with Crippen molar-refractivity contribution in [3.63, 3.8) is 0 Å². The topological polar surface area (TPSA) is 64.0 Å². The molecule has 0 aliphatic carbocycles. The Morgan fingerprint density at radius 3 is 2.41 bits per heavy atom. The second-order valence-electron chi connectivity index (χ2n) is 7.58. The first-order valence-corrected chi connectivity index (χ1v) is 10.7. The molecule has 0 amide bonds. The van der Waals surface area contributed by atoms with Crippen LogP contribution in [0.2, 0.25) is 0 Å². The molecule has 2 heterocycles. The molecule has 5 nitrogen and oxygen atoms in total. The maximum atomic E-state index is 13.2. The van der Waals surface area contributed by atoms with Crippen LogP contribution < -0.4 is 4.72 Å². The summed E-state index contributed by atoms with van der Waals surface area (Å²) in [4.78, 5) is 4.82. The highest BCUT2D eigenvalue weighted by Crippen LogP contribution is 2.23. The van der Waals surface area contributed by atoms with Crippen LogP contribution in [-0.4, -0.2) is 24.0 Å². The second-order valence-corrected chi connectivity index (χ2v) is 9.23. The first-order valence-electron chi connectivity index (χ1n) is 9.19. The van der Waals surface area contributed by atoms with Crippen molar-refractivity contribution in [1.29, 1.82) is 0 Å². The van der Waals surface area contributed by atoms with E-state index in [1.807, 2.05) is 75.7 Å². The molecular weight excluding hydrogens is 358 g/mol. The van der Waals surface area contributed by atoms with Crippen LogP contribution >= 0.6 is 0 Å². The highest BCUT2D eigenvalue weighted by Gasteiger charge is 2.26. The number of aromatic nitrogens is 2. The minimum atomic E-state index is -3.62. The third-order valence-electron chi connectivity index (χ3n) is 4.90. The van der Waals surface area contributed by atoms with E-state index in [1.165, 1.54) is 0 Å². The van der Waals surface area contributed by atoms with Crippen molar-refractivity contribution in [2.75, 3.05) is 0 Å². The SMILES string of the molecule is Cc1cc(C)c(S(=O)(=O)NC(Cn2ccc3cccnc32)C(C)C)c(C)c1. The minimum absolute atomic E-state index is 0.131. The zero-order chi connectivity index (χ0) is 19.8. The molecule has 0 saturated heterocycles. The Morgan fingerprint density at radius 2 is 1.78 bits per heavy atom. The summed E-state index contributed by atoms with van der Waals surface area (Å²) in [5.41, 5.74) is 3.48. The molecule has 3 rings (SSSR count). The molecule has 0 spiro atoms. The molecule has 1 atom stereocenters. The number of benzene rings is 1. The number of nitrogens with zero attached hydrogens (tertiary/aromatic N) is 2. The smallest absolute Gasteiger partial charge is 0.241 e. The molecule has 1 aromatic carbocycles. The molecule has 0 bridgehead atoms. The van der Waals surface area contributed by atoms with E-state index in [0.29, 0.717) is 11.4 Å². The van der Waals surface area contributed by atoms with Crippen LogP contribution in [0.3, 0.4) is 0 Å². The average Bonchev–Trinajstić information content (AvgIpc) is 2.96. The molecule has 0 aliphatic rings. The van der Waals surface area contributed by atoms with Gasteiger partial charge in [0.15, 0.2) is 0 Å². The van der Waals surface area contributed by atoms with Crippen molar-refractivity contribution in [2.45, 2.75) is 52.1 Å². The van der Waals surface area contributed by atoms with Gasteiger partial charge in [-0.25, -0.2) is 18.1 Å². The van der Waals surface area contributed by atoms with Crippen LogP contribution in [0.4, 0.5) is 0 Å². The predicted octanol–water partition coefficient (Wildman–Crippen LogP) is 3.96. The van der Waals surface area contributed by atoms with Gasteiger partial charge in [0, 0.05) is 30.4 Å². The van der Waals surface area contributed by atoms with Crippen LogP contribution in [0, 0.1) is 26.7 Å². The third kappa shape index (κ3) is 4.06. The molecule has 1 N–H and O–H groups in total. The number of aryl methyl sites for hydroxylation is 3. The van der Waals surface area contributed by atoms with E-state index in [9.17, 15) is 8.42 Å². The van der Waals surface area contributed by atoms with Crippen LogP contribution in [0.15, 0.2) is 47.6 Å².